The molecule has 0 radical (unpaired) electrons. The Balaban J connectivity index is 2.07. The lowest BCUT2D eigenvalue weighted by Gasteiger charge is -2.36. The Kier molecular flexibility index (Phi) is 4.27. The molecule has 108 valence electrons. The summed E-state index contributed by atoms with van der Waals surface area (Å²) >= 11 is 0. The van der Waals surface area contributed by atoms with E-state index in [-0.39, 0.29) is 17.9 Å². The van der Waals surface area contributed by atoms with Gasteiger partial charge in [0, 0.05) is 18.2 Å². The van der Waals surface area contributed by atoms with Gasteiger partial charge in [-0.25, -0.2) is 0 Å². The van der Waals surface area contributed by atoms with Gasteiger partial charge in [0.25, 0.3) is 5.91 Å². The van der Waals surface area contributed by atoms with E-state index in [4.69, 9.17) is 9.84 Å². The van der Waals surface area contributed by atoms with E-state index in [0.29, 0.717) is 30.7 Å². The van der Waals surface area contributed by atoms with Crippen molar-refractivity contribution in [3.8, 4) is 5.75 Å². The third-order valence-corrected chi connectivity index (χ3v) is 3.82. The lowest BCUT2D eigenvalue weighted by atomic mass is 9.91. The molecule has 1 N–H and O–H groups in total. The van der Waals surface area contributed by atoms with Gasteiger partial charge in [0.2, 0.25) is 0 Å². The monoisotopic (exact) mass is 277 g/mol. The summed E-state index contributed by atoms with van der Waals surface area (Å²) in [6, 6.07) is 6.91. The minimum absolute atomic E-state index is 0.0519. The second-order valence-corrected chi connectivity index (χ2v) is 5.14. The molecule has 0 aliphatic carbocycles. The van der Waals surface area contributed by atoms with E-state index in [2.05, 4.69) is 0 Å². The first-order valence-electron chi connectivity index (χ1n) is 6.70. The van der Waals surface area contributed by atoms with Crippen molar-refractivity contribution < 1.29 is 19.4 Å². The van der Waals surface area contributed by atoms with E-state index in [1.54, 1.807) is 36.3 Å². The predicted molar refractivity (Wildman–Crippen MR) is 73.9 cm³/mol. The number of piperidine rings is 1. The van der Waals surface area contributed by atoms with E-state index in [9.17, 15) is 9.59 Å². The predicted octanol–water partition coefficient (Wildman–Crippen LogP) is 2.02. The van der Waals surface area contributed by atoms with Gasteiger partial charge in [-0.2, -0.15) is 0 Å². The second-order valence-electron chi connectivity index (χ2n) is 5.14. The van der Waals surface area contributed by atoms with Gasteiger partial charge >= 0.3 is 5.97 Å². The number of likely N-dealkylation sites (tertiary alicyclic amines) is 1. The minimum atomic E-state index is -0.770. The number of carbonyl (C=O) groups excluding carboxylic acids is 1. The molecule has 1 amide bonds. The zero-order chi connectivity index (χ0) is 14.7. The Morgan fingerprint density at radius 3 is 2.45 bits per heavy atom. The lowest BCUT2D eigenvalue weighted by molar-refractivity contribution is -0.143. The van der Waals surface area contributed by atoms with Crippen molar-refractivity contribution in [1.82, 2.24) is 4.90 Å². The number of hydrogen-bond donors (Lipinski definition) is 1. The number of carboxylic acids is 1. The summed E-state index contributed by atoms with van der Waals surface area (Å²) in [4.78, 5) is 25.2. The van der Waals surface area contributed by atoms with Crippen LogP contribution < -0.4 is 4.74 Å². The third-order valence-electron chi connectivity index (χ3n) is 3.82. The van der Waals surface area contributed by atoms with Crippen molar-refractivity contribution >= 4 is 11.9 Å². The molecule has 1 aliphatic heterocycles. The smallest absolute Gasteiger partial charge is 0.306 e. The summed E-state index contributed by atoms with van der Waals surface area (Å²) in [6.07, 6.45) is 1.03. The molecular formula is C15H19NO4. The normalized spacial score (nSPS) is 22.4. The molecule has 1 saturated heterocycles. The molecule has 0 spiro atoms. The average molecular weight is 277 g/mol. The van der Waals surface area contributed by atoms with Gasteiger partial charge in [-0.15, -0.1) is 0 Å². The molecular weight excluding hydrogens is 258 g/mol. The van der Waals surface area contributed by atoms with E-state index in [0.717, 1.165) is 0 Å². The number of aliphatic carboxylic acids is 1. The molecule has 1 heterocycles. The van der Waals surface area contributed by atoms with E-state index < -0.39 is 5.97 Å². The van der Waals surface area contributed by atoms with E-state index in [1.807, 2.05) is 6.92 Å². The molecule has 1 fully saturated rings. The first-order chi connectivity index (χ1) is 9.52. The average Bonchev–Trinajstić information content (AvgIpc) is 2.46. The quantitative estimate of drug-likeness (QED) is 0.918. The number of carbonyl (C=O) groups is 2. The Morgan fingerprint density at radius 1 is 1.30 bits per heavy atom. The van der Waals surface area contributed by atoms with Crippen LogP contribution in [0.1, 0.15) is 30.1 Å². The molecule has 2 rings (SSSR count). The van der Waals surface area contributed by atoms with Crippen LogP contribution in [-0.2, 0) is 4.79 Å². The standard InChI is InChI=1S/C15H19NO4/c1-10-9-12(15(18)19)7-8-16(10)14(17)11-3-5-13(20-2)6-4-11/h3-6,10,12H,7-9H2,1-2H3,(H,18,19). The molecule has 5 heteroatoms. The van der Waals surface area contributed by atoms with Crippen molar-refractivity contribution in [2.75, 3.05) is 13.7 Å². The Labute approximate surface area is 118 Å². The first kappa shape index (κ1) is 14.4. The number of rotatable bonds is 3. The van der Waals surface area contributed by atoms with E-state index >= 15 is 0 Å². The van der Waals surface area contributed by atoms with Gasteiger partial charge < -0.3 is 14.7 Å². The van der Waals surface area contributed by atoms with Crippen LogP contribution >= 0.6 is 0 Å². The highest BCUT2D eigenvalue weighted by atomic mass is 16.5. The molecule has 2 unspecified atom stereocenters. The number of benzene rings is 1. The molecule has 2 atom stereocenters. The Hall–Kier alpha value is -2.04. The van der Waals surface area contributed by atoms with Crippen molar-refractivity contribution in [2.45, 2.75) is 25.8 Å². The number of hydrogen-bond acceptors (Lipinski definition) is 3. The topological polar surface area (TPSA) is 66.8 Å². The fourth-order valence-electron chi connectivity index (χ4n) is 2.60. The molecule has 0 aromatic heterocycles. The van der Waals surface area contributed by atoms with Crippen LogP contribution in [0.5, 0.6) is 5.75 Å². The number of carboxylic acid groups (broad SMARTS) is 1. The van der Waals surface area contributed by atoms with Crippen molar-refractivity contribution in [3.63, 3.8) is 0 Å². The number of nitrogens with zero attached hydrogens (tertiary/aromatic N) is 1. The lowest BCUT2D eigenvalue weighted by Crippen LogP contribution is -2.46. The van der Waals surface area contributed by atoms with Gasteiger partial charge in [-0.05, 0) is 44.0 Å². The number of ether oxygens (including phenoxy) is 1. The van der Waals surface area contributed by atoms with E-state index in [1.165, 1.54) is 0 Å². The highest BCUT2D eigenvalue weighted by molar-refractivity contribution is 5.94. The second kappa shape index (κ2) is 5.94. The van der Waals surface area contributed by atoms with Crippen LogP contribution in [0.15, 0.2) is 24.3 Å². The summed E-state index contributed by atoms with van der Waals surface area (Å²) in [7, 11) is 1.58. The number of methoxy groups -OCH3 is 1. The molecule has 1 aliphatic rings. The molecule has 0 bridgehead atoms. The third kappa shape index (κ3) is 2.92. The highest BCUT2D eigenvalue weighted by Crippen LogP contribution is 2.25. The molecule has 1 aromatic carbocycles. The van der Waals surface area contributed by atoms with Crippen LogP contribution in [0.4, 0.5) is 0 Å². The van der Waals surface area contributed by atoms with Crippen molar-refractivity contribution in [3.05, 3.63) is 29.8 Å². The van der Waals surface area contributed by atoms with Gasteiger partial charge in [0.1, 0.15) is 5.75 Å². The fraction of sp³-hybridized carbons (Fsp3) is 0.467. The Bertz CT molecular complexity index is 497. The van der Waals surface area contributed by atoms with Crippen molar-refractivity contribution in [2.24, 2.45) is 5.92 Å². The summed E-state index contributed by atoms with van der Waals surface area (Å²) < 4.78 is 5.07. The van der Waals surface area contributed by atoms with Gasteiger partial charge in [0.15, 0.2) is 0 Å². The largest absolute Gasteiger partial charge is 0.497 e. The minimum Gasteiger partial charge on any atom is -0.497 e. The molecule has 20 heavy (non-hydrogen) atoms. The van der Waals surface area contributed by atoms with Crippen LogP contribution in [0.25, 0.3) is 0 Å². The van der Waals surface area contributed by atoms with Crippen molar-refractivity contribution in [1.29, 1.82) is 0 Å². The first-order valence-corrected chi connectivity index (χ1v) is 6.70. The maximum Gasteiger partial charge on any atom is 0.306 e. The molecule has 5 nitrogen and oxygen atoms in total. The summed E-state index contributed by atoms with van der Waals surface area (Å²) in [6.45, 7) is 2.39. The maximum absolute atomic E-state index is 12.4. The zero-order valence-electron chi connectivity index (χ0n) is 11.7. The van der Waals surface area contributed by atoms with Gasteiger partial charge in [-0.1, -0.05) is 0 Å². The van der Waals surface area contributed by atoms with Gasteiger partial charge in [0.05, 0.1) is 13.0 Å². The SMILES string of the molecule is COc1ccc(C(=O)N2CCC(C(=O)O)CC2C)cc1. The molecule has 0 saturated carbocycles. The summed E-state index contributed by atoms with van der Waals surface area (Å²) in [5, 5.41) is 9.04. The van der Waals surface area contributed by atoms with Crippen LogP contribution in [0.2, 0.25) is 0 Å². The zero-order valence-corrected chi connectivity index (χ0v) is 11.7. The number of amides is 1. The maximum atomic E-state index is 12.4. The van der Waals surface area contributed by atoms with Crippen LogP contribution in [-0.4, -0.2) is 41.6 Å². The highest BCUT2D eigenvalue weighted by Gasteiger charge is 2.32. The van der Waals surface area contributed by atoms with Crippen LogP contribution in [0, 0.1) is 5.92 Å². The fourth-order valence-corrected chi connectivity index (χ4v) is 2.60. The summed E-state index contributed by atoms with van der Waals surface area (Å²) in [5.74, 6) is -0.457. The Morgan fingerprint density at radius 2 is 1.95 bits per heavy atom. The molecule has 1 aromatic rings. The van der Waals surface area contributed by atoms with Gasteiger partial charge in [-0.3, -0.25) is 9.59 Å². The summed E-state index contributed by atoms with van der Waals surface area (Å²) in [5.41, 5.74) is 0.603. The van der Waals surface area contributed by atoms with Crippen LogP contribution in [0.3, 0.4) is 0 Å².